The summed E-state index contributed by atoms with van der Waals surface area (Å²) in [4.78, 5) is 36.7. The fraction of sp³-hybridized carbons (Fsp3) is 0.111. The van der Waals surface area contributed by atoms with E-state index in [0.717, 1.165) is 0 Å². The van der Waals surface area contributed by atoms with E-state index in [4.69, 9.17) is 9.68 Å². The Morgan fingerprint density at radius 2 is 1.56 bits per heavy atom. The van der Waals surface area contributed by atoms with Crippen molar-refractivity contribution in [3.63, 3.8) is 0 Å². The molecule has 6 nitrogen and oxygen atoms in total. The SMILES string of the molecule is CON1C=CN(OC)C1=C(C(=O)C(=O)c1cccs1)c1ccccc1. The van der Waals surface area contributed by atoms with Crippen molar-refractivity contribution < 1.29 is 19.3 Å². The van der Waals surface area contributed by atoms with Gasteiger partial charge in [0, 0.05) is 0 Å². The first-order chi connectivity index (χ1) is 12.2. The first-order valence-corrected chi connectivity index (χ1v) is 8.32. The van der Waals surface area contributed by atoms with E-state index < -0.39 is 11.6 Å². The van der Waals surface area contributed by atoms with Gasteiger partial charge < -0.3 is 0 Å². The summed E-state index contributed by atoms with van der Waals surface area (Å²) in [7, 11) is 2.94. The Bertz CT molecular complexity index is 812. The van der Waals surface area contributed by atoms with Crippen LogP contribution >= 0.6 is 11.3 Å². The molecule has 7 heteroatoms. The third kappa shape index (κ3) is 3.25. The first-order valence-electron chi connectivity index (χ1n) is 7.44. The van der Waals surface area contributed by atoms with Gasteiger partial charge >= 0.3 is 0 Å². The van der Waals surface area contributed by atoms with Crippen LogP contribution < -0.4 is 0 Å². The lowest BCUT2D eigenvalue weighted by Gasteiger charge is -2.24. The summed E-state index contributed by atoms with van der Waals surface area (Å²) >= 11 is 1.23. The van der Waals surface area contributed by atoms with E-state index in [0.29, 0.717) is 16.3 Å². The minimum Gasteiger partial charge on any atom is -0.285 e. The Balaban J connectivity index is 2.15. The highest BCUT2D eigenvalue weighted by atomic mass is 32.1. The topological polar surface area (TPSA) is 59.1 Å². The minimum atomic E-state index is -0.628. The number of rotatable bonds is 6. The molecule has 0 saturated heterocycles. The number of Topliss-reactive ketones (excluding diaryl/α,β-unsaturated/α-hetero) is 2. The summed E-state index contributed by atoms with van der Waals surface area (Å²) in [6, 6.07) is 12.3. The predicted octanol–water partition coefficient (Wildman–Crippen LogP) is 3.08. The predicted molar refractivity (Wildman–Crippen MR) is 93.9 cm³/mol. The number of thiophene rings is 1. The smallest absolute Gasteiger partial charge is 0.243 e. The molecule has 1 aromatic carbocycles. The lowest BCUT2D eigenvalue weighted by Crippen LogP contribution is -2.27. The van der Waals surface area contributed by atoms with Crippen molar-refractivity contribution in [3.05, 3.63) is 76.5 Å². The number of ketones is 2. The average Bonchev–Trinajstić information content (AvgIpc) is 3.32. The summed E-state index contributed by atoms with van der Waals surface area (Å²) in [5.41, 5.74) is 0.799. The average molecular weight is 356 g/mol. The zero-order valence-electron chi connectivity index (χ0n) is 13.7. The van der Waals surface area contributed by atoms with Gasteiger partial charge in [0.05, 0.1) is 37.1 Å². The summed E-state index contributed by atoms with van der Waals surface area (Å²) in [5, 5.41) is 4.52. The van der Waals surface area contributed by atoms with Crippen molar-refractivity contribution in [3.8, 4) is 0 Å². The molecule has 1 aliphatic heterocycles. The van der Waals surface area contributed by atoms with Crippen molar-refractivity contribution in [1.82, 2.24) is 10.1 Å². The number of benzene rings is 1. The molecular weight excluding hydrogens is 340 g/mol. The lowest BCUT2D eigenvalue weighted by atomic mass is 9.98. The lowest BCUT2D eigenvalue weighted by molar-refractivity contribution is -0.125. The number of hydroxylamine groups is 4. The summed E-state index contributed by atoms with van der Waals surface area (Å²) in [5.74, 6) is -0.872. The minimum absolute atomic E-state index is 0.202. The van der Waals surface area contributed by atoms with Gasteiger partial charge in [-0.25, -0.2) is 10.1 Å². The van der Waals surface area contributed by atoms with E-state index in [9.17, 15) is 9.59 Å². The monoisotopic (exact) mass is 356 g/mol. The molecule has 25 heavy (non-hydrogen) atoms. The second-order valence-electron chi connectivity index (χ2n) is 5.02. The second-order valence-corrected chi connectivity index (χ2v) is 5.96. The standard InChI is InChI=1S/C18H16N2O4S/c1-23-19-10-11-20(24-2)18(19)15(13-7-4-3-5-8-13)17(22)16(21)14-9-6-12-25-14/h3-12H,1-2H3. The van der Waals surface area contributed by atoms with Gasteiger partial charge in [0.2, 0.25) is 11.6 Å². The Morgan fingerprint density at radius 3 is 2.08 bits per heavy atom. The van der Waals surface area contributed by atoms with Crippen molar-refractivity contribution >= 4 is 28.5 Å². The number of hydrogen-bond donors (Lipinski definition) is 0. The van der Waals surface area contributed by atoms with Crippen molar-refractivity contribution in [2.75, 3.05) is 14.2 Å². The molecule has 2 heterocycles. The van der Waals surface area contributed by atoms with Crippen LogP contribution in [0.4, 0.5) is 0 Å². The van der Waals surface area contributed by atoms with E-state index in [1.54, 1.807) is 54.2 Å². The maximum absolute atomic E-state index is 13.1. The summed E-state index contributed by atoms with van der Waals surface area (Å²) in [6.07, 6.45) is 3.20. The molecular formula is C18H16N2O4S. The highest BCUT2D eigenvalue weighted by molar-refractivity contribution is 7.13. The third-order valence-electron chi connectivity index (χ3n) is 3.61. The molecule has 0 amide bonds. The maximum Gasteiger partial charge on any atom is 0.243 e. The fourth-order valence-electron chi connectivity index (χ4n) is 2.47. The largest absolute Gasteiger partial charge is 0.285 e. The molecule has 0 unspecified atom stereocenters. The molecule has 1 aromatic heterocycles. The van der Waals surface area contributed by atoms with Gasteiger partial charge in [0.15, 0.2) is 5.82 Å². The zero-order chi connectivity index (χ0) is 17.8. The first kappa shape index (κ1) is 17.1. The quantitative estimate of drug-likeness (QED) is 0.450. The number of nitrogens with zero attached hydrogens (tertiary/aromatic N) is 2. The highest BCUT2D eigenvalue weighted by Crippen LogP contribution is 2.31. The van der Waals surface area contributed by atoms with Gasteiger partial charge in [-0.1, -0.05) is 36.4 Å². The number of carbonyl (C=O) groups is 2. The van der Waals surface area contributed by atoms with Crippen molar-refractivity contribution in [1.29, 1.82) is 0 Å². The zero-order valence-corrected chi connectivity index (χ0v) is 14.5. The molecule has 1 aliphatic rings. The summed E-state index contributed by atoms with van der Waals surface area (Å²) in [6.45, 7) is 0. The molecule has 0 spiro atoms. The fourth-order valence-corrected chi connectivity index (χ4v) is 3.13. The molecule has 0 aliphatic carbocycles. The summed E-state index contributed by atoms with van der Waals surface area (Å²) < 4.78 is 0. The van der Waals surface area contributed by atoms with Crippen LogP contribution in [0.15, 0.2) is 66.1 Å². The normalized spacial score (nSPS) is 13.4. The van der Waals surface area contributed by atoms with Gasteiger partial charge in [0.1, 0.15) is 0 Å². The van der Waals surface area contributed by atoms with Gasteiger partial charge in [-0.3, -0.25) is 19.3 Å². The van der Waals surface area contributed by atoms with Crippen LogP contribution in [-0.4, -0.2) is 35.9 Å². The van der Waals surface area contributed by atoms with E-state index in [-0.39, 0.29) is 5.57 Å². The molecule has 0 bridgehead atoms. The van der Waals surface area contributed by atoms with Crippen LogP contribution in [0.3, 0.4) is 0 Å². The Kier molecular flexibility index (Phi) is 5.08. The molecule has 0 atom stereocenters. The third-order valence-corrected chi connectivity index (χ3v) is 4.48. The Morgan fingerprint density at radius 1 is 0.920 bits per heavy atom. The van der Waals surface area contributed by atoms with E-state index in [1.807, 2.05) is 6.07 Å². The number of allylic oxidation sites excluding steroid dienone is 1. The molecule has 0 saturated carbocycles. The van der Waals surface area contributed by atoms with Crippen molar-refractivity contribution in [2.24, 2.45) is 0 Å². The van der Waals surface area contributed by atoms with Crippen LogP contribution in [0.25, 0.3) is 5.57 Å². The highest BCUT2D eigenvalue weighted by Gasteiger charge is 2.33. The molecule has 3 rings (SSSR count). The van der Waals surface area contributed by atoms with Crippen molar-refractivity contribution in [2.45, 2.75) is 0 Å². The number of carbonyl (C=O) groups excluding carboxylic acids is 2. The molecule has 0 radical (unpaired) electrons. The molecule has 128 valence electrons. The Labute approximate surface area is 149 Å². The van der Waals surface area contributed by atoms with Gasteiger partial charge in [-0.05, 0) is 17.0 Å². The van der Waals surface area contributed by atoms with Crippen LogP contribution in [0.5, 0.6) is 0 Å². The maximum atomic E-state index is 13.1. The number of hydrogen-bond acceptors (Lipinski definition) is 7. The van der Waals surface area contributed by atoms with E-state index in [1.165, 1.54) is 35.7 Å². The molecule has 0 fully saturated rings. The Hall–Kier alpha value is -2.74. The van der Waals surface area contributed by atoms with E-state index >= 15 is 0 Å². The van der Waals surface area contributed by atoms with Crippen LogP contribution in [0, 0.1) is 0 Å². The van der Waals surface area contributed by atoms with Gasteiger partial charge in [-0.2, -0.15) is 0 Å². The molecule has 2 aromatic rings. The van der Waals surface area contributed by atoms with Crippen LogP contribution in [0.2, 0.25) is 0 Å². The van der Waals surface area contributed by atoms with Crippen LogP contribution in [-0.2, 0) is 14.5 Å². The van der Waals surface area contributed by atoms with Crippen LogP contribution in [0.1, 0.15) is 15.2 Å². The van der Waals surface area contributed by atoms with Gasteiger partial charge in [-0.15, -0.1) is 11.3 Å². The molecule has 0 N–H and O–H groups in total. The van der Waals surface area contributed by atoms with Gasteiger partial charge in [0.25, 0.3) is 0 Å². The van der Waals surface area contributed by atoms with E-state index in [2.05, 4.69) is 0 Å². The second kappa shape index (κ2) is 7.43.